The summed E-state index contributed by atoms with van der Waals surface area (Å²) in [6.07, 6.45) is 4.78. The molecule has 4 heteroatoms. The van der Waals surface area contributed by atoms with E-state index in [-0.39, 0.29) is 18.4 Å². The van der Waals surface area contributed by atoms with Crippen molar-refractivity contribution in [2.45, 2.75) is 32.9 Å². The molecule has 1 atom stereocenters. The van der Waals surface area contributed by atoms with Crippen molar-refractivity contribution in [3.63, 3.8) is 0 Å². The number of rotatable bonds is 4. The van der Waals surface area contributed by atoms with Crippen LogP contribution >= 0.6 is 12.4 Å². The maximum Gasteiger partial charge on any atom is 0.0560 e. The van der Waals surface area contributed by atoms with E-state index in [1.54, 1.807) is 6.20 Å². The van der Waals surface area contributed by atoms with Crippen molar-refractivity contribution < 1.29 is 0 Å². The van der Waals surface area contributed by atoms with Crippen molar-refractivity contribution in [3.8, 4) is 0 Å². The largest absolute Gasteiger partial charge is 0.326 e. The van der Waals surface area contributed by atoms with Crippen LogP contribution in [0.4, 0.5) is 0 Å². The van der Waals surface area contributed by atoms with Crippen LogP contribution in [0.1, 0.15) is 20.3 Å². The molecule has 0 saturated carbocycles. The maximum atomic E-state index is 5.90. The highest BCUT2D eigenvalue weighted by Gasteiger charge is 2.05. The van der Waals surface area contributed by atoms with Crippen molar-refractivity contribution in [1.29, 1.82) is 0 Å². The van der Waals surface area contributed by atoms with E-state index in [1.165, 1.54) is 0 Å². The minimum Gasteiger partial charge on any atom is -0.326 e. The van der Waals surface area contributed by atoms with E-state index in [4.69, 9.17) is 5.73 Å². The lowest BCUT2D eigenvalue weighted by Gasteiger charge is -2.13. The van der Waals surface area contributed by atoms with Gasteiger partial charge in [0.05, 0.1) is 6.54 Å². The second-order valence-corrected chi connectivity index (χ2v) is 3.62. The fourth-order valence-corrected chi connectivity index (χ4v) is 1.33. The van der Waals surface area contributed by atoms with Gasteiger partial charge in [0.25, 0.3) is 0 Å². The Morgan fingerprint density at radius 3 is 2.62 bits per heavy atom. The number of aromatic nitrogens is 2. The standard InChI is InChI=1S/C9H17N3.ClH/c1-8(2)6-9(10)7-12-5-3-4-11-12;/h3-5,8-9H,6-7,10H2,1-2H3;1H. The highest BCUT2D eigenvalue weighted by Crippen LogP contribution is 2.03. The predicted octanol–water partition coefficient (Wildman–Crippen LogP) is 1.68. The van der Waals surface area contributed by atoms with Crippen molar-refractivity contribution >= 4 is 12.4 Å². The van der Waals surface area contributed by atoms with Gasteiger partial charge in [-0.15, -0.1) is 12.4 Å². The summed E-state index contributed by atoms with van der Waals surface area (Å²) in [5.74, 6) is 0.663. The first-order valence-corrected chi connectivity index (χ1v) is 4.41. The summed E-state index contributed by atoms with van der Waals surface area (Å²) in [7, 11) is 0. The molecule has 3 nitrogen and oxygen atoms in total. The van der Waals surface area contributed by atoms with E-state index in [1.807, 2.05) is 16.9 Å². The molecule has 0 radical (unpaired) electrons. The summed E-state index contributed by atoms with van der Waals surface area (Å²) >= 11 is 0. The lowest BCUT2D eigenvalue weighted by molar-refractivity contribution is 0.429. The van der Waals surface area contributed by atoms with Crippen LogP contribution in [0.5, 0.6) is 0 Å². The molecule has 0 aliphatic rings. The van der Waals surface area contributed by atoms with Crippen LogP contribution in [0.15, 0.2) is 18.5 Å². The molecule has 1 rings (SSSR count). The molecule has 0 bridgehead atoms. The van der Waals surface area contributed by atoms with Gasteiger partial charge in [0, 0.05) is 18.4 Å². The number of hydrogen-bond donors (Lipinski definition) is 1. The highest BCUT2D eigenvalue weighted by molar-refractivity contribution is 5.85. The minimum absolute atomic E-state index is 0. The third kappa shape index (κ3) is 4.90. The molecule has 76 valence electrons. The zero-order chi connectivity index (χ0) is 8.97. The monoisotopic (exact) mass is 203 g/mol. The predicted molar refractivity (Wildman–Crippen MR) is 56.9 cm³/mol. The van der Waals surface area contributed by atoms with E-state index < -0.39 is 0 Å². The molecule has 1 aromatic heterocycles. The van der Waals surface area contributed by atoms with Gasteiger partial charge in [0.15, 0.2) is 0 Å². The number of halogens is 1. The van der Waals surface area contributed by atoms with Crippen molar-refractivity contribution in [3.05, 3.63) is 18.5 Å². The third-order valence-corrected chi connectivity index (χ3v) is 1.75. The van der Waals surface area contributed by atoms with Crippen LogP contribution in [0, 0.1) is 5.92 Å². The highest BCUT2D eigenvalue weighted by atomic mass is 35.5. The molecule has 0 aliphatic heterocycles. The van der Waals surface area contributed by atoms with Gasteiger partial charge >= 0.3 is 0 Å². The second kappa shape index (κ2) is 6.00. The van der Waals surface area contributed by atoms with Gasteiger partial charge in [-0.1, -0.05) is 13.8 Å². The molecule has 2 N–H and O–H groups in total. The molecule has 0 spiro atoms. The zero-order valence-electron chi connectivity index (χ0n) is 8.18. The summed E-state index contributed by atoms with van der Waals surface area (Å²) < 4.78 is 1.88. The van der Waals surface area contributed by atoms with Crippen LogP contribution in [0.25, 0.3) is 0 Å². The van der Waals surface area contributed by atoms with Gasteiger partial charge in [-0.2, -0.15) is 5.10 Å². The van der Waals surface area contributed by atoms with E-state index in [0.29, 0.717) is 5.92 Å². The Kier molecular flexibility index (Phi) is 5.75. The number of nitrogens with zero attached hydrogens (tertiary/aromatic N) is 2. The normalized spacial score (nSPS) is 12.6. The third-order valence-electron chi connectivity index (χ3n) is 1.75. The van der Waals surface area contributed by atoms with Gasteiger partial charge in [-0.25, -0.2) is 0 Å². The fourth-order valence-electron chi connectivity index (χ4n) is 1.33. The quantitative estimate of drug-likeness (QED) is 0.810. The summed E-state index contributed by atoms with van der Waals surface area (Å²) in [5.41, 5.74) is 5.90. The average molecular weight is 204 g/mol. The second-order valence-electron chi connectivity index (χ2n) is 3.62. The van der Waals surface area contributed by atoms with Gasteiger partial charge in [-0.3, -0.25) is 4.68 Å². The Balaban J connectivity index is 0.00000144. The number of hydrogen-bond acceptors (Lipinski definition) is 2. The zero-order valence-corrected chi connectivity index (χ0v) is 9.00. The molecule has 1 aromatic rings. The molecule has 1 unspecified atom stereocenters. The maximum absolute atomic E-state index is 5.90. The fraction of sp³-hybridized carbons (Fsp3) is 0.667. The van der Waals surface area contributed by atoms with Crippen molar-refractivity contribution in [2.75, 3.05) is 0 Å². The van der Waals surface area contributed by atoms with E-state index >= 15 is 0 Å². The summed E-state index contributed by atoms with van der Waals surface area (Å²) in [6.45, 7) is 5.19. The molecule has 0 aromatic carbocycles. The van der Waals surface area contributed by atoms with Gasteiger partial charge in [-0.05, 0) is 18.4 Å². The van der Waals surface area contributed by atoms with Crippen LogP contribution in [0.3, 0.4) is 0 Å². The molecule has 1 heterocycles. The summed E-state index contributed by atoms with van der Waals surface area (Å²) in [4.78, 5) is 0. The first-order valence-electron chi connectivity index (χ1n) is 4.41. The van der Waals surface area contributed by atoms with Crippen LogP contribution in [0.2, 0.25) is 0 Å². The topological polar surface area (TPSA) is 43.8 Å². The molecule has 13 heavy (non-hydrogen) atoms. The van der Waals surface area contributed by atoms with Gasteiger partial charge < -0.3 is 5.73 Å². The molecule has 0 aliphatic carbocycles. The minimum atomic E-state index is 0. The van der Waals surface area contributed by atoms with Gasteiger partial charge in [0.2, 0.25) is 0 Å². The lowest BCUT2D eigenvalue weighted by Crippen LogP contribution is -2.27. The van der Waals surface area contributed by atoms with Crippen molar-refractivity contribution in [2.24, 2.45) is 11.7 Å². The molecule has 0 saturated heterocycles. The first kappa shape index (κ1) is 12.5. The Morgan fingerprint density at radius 1 is 1.46 bits per heavy atom. The Hall–Kier alpha value is -0.540. The van der Waals surface area contributed by atoms with Crippen molar-refractivity contribution in [1.82, 2.24) is 9.78 Å². The van der Waals surface area contributed by atoms with Crippen LogP contribution in [-0.2, 0) is 6.54 Å². The number of nitrogens with two attached hydrogens (primary N) is 1. The smallest absolute Gasteiger partial charge is 0.0560 e. The van der Waals surface area contributed by atoms with E-state index in [2.05, 4.69) is 18.9 Å². The Morgan fingerprint density at radius 2 is 2.15 bits per heavy atom. The average Bonchev–Trinajstić information content (AvgIpc) is 2.37. The molecular weight excluding hydrogens is 186 g/mol. The molecular formula is C9H18ClN3. The first-order chi connectivity index (χ1) is 5.68. The lowest BCUT2D eigenvalue weighted by atomic mass is 10.1. The van der Waals surface area contributed by atoms with Crippen LogP contribution in [-0.4, -0.2) is 15.8 Å². The molecule has 0 amide bonds. The Bertz CT molecular complexity index is 209. The SMILES string of the molecule is CC(C)CC(N)Cn1cccn1.Cl. The summed E-state index contributed by atoms with van der Waals surface area (Å²) in [5, 5.41) is 4.10. The van der Waals surface area contributed by atoms with E-state index in [0.717, 1.165) is 13.0 Å². The summed E-state index contributed by atoms with van der Waals surface area (Å²) in [6, 6.07) is 2.15. The van der Waals surface area contributed by atoms with Crippen LogP contribution < -0.4 is 5.73 Å². The Labute approximate surface area is 85.7 Å². The van der Waals surface area contributed by atoms with E-state index in [9.17, 15) is 0 Å². The van der Waals surface area contributed by atoms with Gasteiger partial charge in [0.1, 0.15) is 0 Å². The molecule has 0 fully saturated rings.